The molecule has 0 aromatic heterocycles. The van der Waals surface area contributed by atoms with Crippen LogP contribution in [0.1, 0.15) is 35.1 Å². The zero-order chi connectivity index (χ0) is 19.7. The van der Waals surface area contributed by atoms with Gasteiger partial charge in [-0.3, -0.25) is 4.79 Å². The lowest BCUT2D eigenvalue weighted by molar-refractivity contribution is -0.114. The highest BCUT2D eigenvalue weighted by molar-refractivity contribution is 5.95. The SMILES string of the molecule is Cc1ccccc1C1C=CC(C(N)=O)=CC1(C)CNC1Cc2ccccc2C1. The summed E-state index contributed by atoms with van der Waals surface area (Å²) >= 11 is 0. The van der Waals surface area contributed by atoms with Gasteiger partial charge in [0.25, 0.3) is 0 Å². The number of hydrogen-bond acceptors (Lipinski definition) is 2. The Morgan fingerprint density at radius 3 is 2.39 bits per heavy atom. The molecular formula is C25H28N2O. The van der Waals surface area contributed by atoms with Crippen molar-refractivity contribution in [3.63, 3.8) is 0 Å². The van der Waals surface area contributed by atoms with Crippen LogP contribution in [-0.4, -0.2) is 18.5 Å². The summed E-state index contributed by atoms with van der Waals surface area (Å²) in [5.74, 6) is -0.160. The molecule has 2 aliphatic carbocycles. The van der Waals surface area contributed by atoms with Gasteiger partial charge in [-0.15, -0.1) is 0 Å². The number of fused-ring (bicyclic) bond motifs is 1. The maximum absolute atomic E-state index is 11.8. The molecule has 0 aliphatic heterocycles. The van der Waals surface area contributed by atoms with Crippen molar-refractivity contribution >= 4 is 5.91 Å². The fourth-order valence-corrected chi connectivity index (χ4v) is 4.69. The third-order valence-electron chi connectivity index (χ3n) is 6.29. The Balaban J connectivity index is 1.58. The van der Waals surface area contributed by atoms with Crippen molar-refractivity contribution < 1.29 is 4.79 Å². The summed E-state index contributed by atoms with van der Waals surface area (Å²) in [5.41, 5.74) is 11.4. The Hall–Kier alpha value is -2.65. The average Bonchev–Trinajstić information content (AvgIpc) is 3.10. The minimum atomic E-state index is -0.362. The highest BCUT2D eigenvalue weighted by Gasteiger charge is 2.36. The second-order valence-corrected chi connectivity index (χ2v) is 8.42. The third kappa shape index (κ3) is 3.55. The fourth-order valence-electron chi connectivity index (χ4n) is 4.69. The van der Waals surface area contributed by atoms with Crippen LogP contribution >= 0.6 is 0 Å². The van der Waals surface area contributed by atoms with E-state index in [4.69, 9.17) is 5.73 Å². The average molecular weight is 373 g/mol. The van der Waals surface area contributed by atoms with Crippen LogP contribution in [-0.2, 0) is 17.6 Å². The van der Waals surface area contributed by atoms with Gasteiger partial charge in [-0.05, 0) is 42.0 Å². The van der Waals surface area contributed by atoms with Crippen LogP contribution < -0.4 is 11.1 Å². The highest BCUT2D eigenvalue weighted by atomic mass is 16.1. The van der Waals surface area contributed by atoms with Crippen molar-refractivity contribution in [2.45, 2.75) is 38.6 Å². The third-order valence-corrected chi connectivity index (χ3v) is 6.29. The van der Waals surface area contributed by atoms with E-state index in [1.54, 1.807) is 0 Å². The van der Waals surface area contributed by atoms with Gasteiger partial charge in [-0.1, -0.05) is 73.7 Å². The standard InChI is InChI=1S/C25H28N2O/c1-17-7-3-6-10-22(17)23-12-11-20(24(26)28)15-25(23,2)16-27-21-13-18-8-4-5-9-19(18)14-21/h3-12,15,21,23,27H,13-14,16H2,1-2H3,(H2,26,28). The molecular weight excluding hydrogens is 344 g/mol. The van der Waals surface area contributed by atoms with Crippen LogP contribution in [0.3, 0.4) is 0 Å². The zero-order valence-corrected chi connectivity index (χ0v) is 16.6. The number of nitrogens with two attached hydrogens (primary N) is 1. The van der Waals surface area contributed by atoms with Gasteiger partial charge in [-0.2, -0.15) is 0 Å². The van der Waals surface area contributed by atoms with E-state index in [0.717, 1.165) is 19.4 Å². The van der Waals surface area contributed by atoms with Gasteiger partial charge >= 0.3 is 0 Å². The van der Waals surface area contributed by atoms with Crippen LogP contribution in [0.4, 0.5) is 0 Å². The lowest BCUT2D eigenvalue weighted by Gasteiger charge is -2.38. The molecule has 3 N–H and O–H groups in total. The topological polar surface area (TPSA) is 55.1 Å². The fraction of sp³-hybridized carbons (Fsp3) is 0.320. The predicted molar refractivity (Wildman–Crippen MR) is 114 cm³/mol. The Morgan fingerprint density at radius 2 is 1.75 bits per heavy atom. The first-order valence-corrected chi connectivity index (χ1v) is 10.0. The molecule has 1 amide bonds. The first kappa shape index (κ1) is 18.7. The number of allylic oxidation sites excluding steroid dienone is 1. The molecule has 0 saturated carbocycles. The van der Waals surface area contributed by atoms with Crippen molar-refractivity contribution in [3.8, 4) is 0 Å². The Labute approximate surface area is 167 Å². The van der Waals surface area contributed by atoms with Crippen LogP contribution in [0.2, 0.25) is 0 Å². The van der Waals surface area contributed by atoms with E-state index in [-0.39, 0.29) is 17.2 Å². The Kier molecular flexibility index (Phi) is 4.94. The van der Waals surface area contributed by atoms with Gasteiger partial charge < -0.3 is 11.1 Å². The predicted octanol–water partition coefficient (Wildman–Crippen LogP) is 3.82. The largest absolute Gasteiger partial charge is 0.366 e. The smallest absolute Gasteiger partial charge is 0.248 e. The summed E-state index contributed by atoms with van der Waals surface area (Å²) in [6.07, 6.45) is 8.22. The van der Waals surface area contributed by atoms with E-state index in [0.29, 0.717) is 11.6 Å². The molecule has 0 fully saturated rings. The minimum absolute atomic E-state index is 0.202. The summed E-state index contributed by atoms with van der Waals surface area (Å²) in [6, 6.07) is 17.6. The molecule has 3 heteroatoms. The van der Waals surface area contributed by atoms with Crippen LogP contribution in [0.5, 0.6) is 0 Å². The molecule has 2 aliphatic rings. The Morgan fingerprint density at radius 1 is 1.11 bits per heavy atom. The molecule has 2 aromatic carbocycles. The summed E-state index contributed by atoms with van der Waals surface area (Å²) in [6.45, 7) is 5.18. The molecule has 4 rings (SSSR count). The lowest BCUT2D eigenvalue weighted by Crippen LogP contribution is -2.42. The highest BCUT2D eigenvalue weighted by Crippen LogP contribution is 2.43. The van der Waals surface area contributed by atoms with E-state index in [1.165, 1.54) is 22.3 Å². The second kappa shape index (κ2) is 7.40. The number of nitrogens with one attached hydrogen (secondary N) is 1. The van der Waals surface area contributed by atoms with E-state index in [2.05, 4.69) is 79.8 Å². The monoisotopic (exact) mass is 372 g/mol. The number of carbonyl (C=O) groups excluding carboxylic acids is 1. The molecule has 28 heavy (non-hydrogen) atoms. The number of rotatable bonds is 5. The molecule has 2 atom stereocenters. The number of hydrogen-bond donors (Lipinski definition) is 2. The first-order chi connectivity index (χ1) is 13.5. The number of amides is 1. The van der Waals surface area contributed by atoms with Gasteiger partial charge in [0.1, 0.15) is 0 Å². The van der Waals surface area contributed by atoms with Crippen molar-refractivity contribution in [2.24, 2.45) is 11.1 Å². The normalized spacial score (nSPS) is 24.1. The van der Waals surface area contributed by atoms with Gasteiger partial charge in [-0.25, -0.2) is 0 Å². The van der Waals surface area contributed by atoms with Crippen LogP contribution in [0.25, 0.3) is 0 Å². The number of benzene rings is 2. The van der Waals surface area contributed by atoms with Crippen molar-refractivity contribution in [1.29, 1.82) is 0 Å². The minimum Gasteiger partial charge on any atom is -0.366 e. The Bertz CT molecular complexity index is 934. The zero-order valence-electron chi connectivity index (χ0n) is 16.6. The van der Waals surface area contributed by atoms with E-state index in [1.807, 2.05) is 6.08 Å². The van der Waals surface area contributed by atoms with E-state index < -0.39 is 0 Å². The van der Waals surface area contributed by atoms with E-state index in [9.17, 15) is 4.79 Å². The first-order valence-electron chi connectivity index (χ1n) is 10.0. The number of aryl methyl sites for hydroxylation is 1. The van der Waals surface area contributed by atoms with Gasteiger partial charge in [0.2, 0.25) is 5.91 Å². The van der Waals surface area contributed by atoms with Crippen molar-refractivity contribution in [2.75, 3.05) is 6.54 Å². The number of carbonyl (C=O) groups is 1. The molecule has 0 saturated heterocycles. The van der Waals surface area contributed by atoms with Crippen molar-refractivity contribution in [1.82, 2.24) is 5.32 Å². The molecule has 0 radical (unpaired) electrons. The van der Waals surface area contributed by atoms with Crippen molar-refractivity contribution in [3.05, 3.63) is 94.6 Å². The second-order valence-electron chi connectivity index (χ2n) is 8.42. The molecule has 0 heterocycles. The molecule has 0 spiro atoms. The maximum Gasteiger partial charge on any atom is 0.248 e. The summed E-state index contributed by atoms with van der Waals surface area (Å²) in [4.78, 5) is 11.8. The van der Waals surface area contributed by atoms with Gasteiger partial charge in [0.05, 0.1) is 0 Å². The number of primary amides is 1. The van der Waals surface area contributed by atoms with E-state index >= 15 is 0 Å². The molecule has 2 unspecified atom stereocenters. The molecule has 2 aromatic rings. The summed E-state index contributed by atoms with van der Waals surface area (Å²) < 4.78 is 0. The van der Waals surface area contributed by atoms with Crippen LogP contribution in [0, 0.1) is 12.3 Å². The van der Waals surface area contributed by atoms with Gasteiger partial charge in [0.15, 0.2) is 0 Å². The summed E-state index contributed by atoms with van der Waals surface area (Å²) in [7, 11) is 0. The summed E-state index contributed by atoms with van der Waals surface area (Å²) in [5, 5.41) is 3.79. The van der Waals surface area contributed by atoms with Crippen LogP contribution in [0.15, 0.2) is 72.3 Å². The molecule has 0 bridgehead atoms. The lowest BCUT2D eigenvalue weighted by atomic mass is 9.68. The quantitative estimate of drug-likeness (QED) is 0.838. The molecule has 144 valence electrons. The maximum atomic E-state index is 11.8. The van der Waals surface area contributed by atoms with Gasteiger partial charge in [0, 0.05) is 29.5 Å². The molecule has 3 nitrogen and oxygen atoms in total.